The van der Waals surface area contributed by atoms with E-state index in [2.05, 4.69) is 44.8 Å². The molecule has 1 atom stereocenters. The van der Waals surface area contributed by atoms with Gasteiger partial charge in [-0.3, -0.25) is 14.9 Å². The molecule has 1 fully saturated rings. The molecule has 178 valence electrons. The molecule has 2 aliphatic heterocycles. The molecule has 0 radical (unpaired) electrons. The molecule has 4 rings (SSSR count). The third-order valence-corrected chi connectivity index (χ3v) is 7.21. The molecule has 0 aromatic heterocycles. The quantitative estimate of drug-likeness (QED) is 0.405. The largest absolute Gasteiger partial charge is 0.364 e. The first-order valence-electron chi connectivity index (χ1n) is 11.2. The molecule has 0 saturated carbocycles. The number of benzene rings is 2. The molecule has 8 heteroatoms. The van der Waals surface area contributed by atoms with E-state index in [9.17, 15) is 14.4 Å². The van der Waals surface area contributed by atoms with E-state index < -0.39 is 17.8 Å². The maximum atomic E-state index is 13.3. The number of barbiturate groups is 1. The second-order valence-corrected chi connectivity index (χ2v) is 10.5. The number of carbonyl (C=O) groups is 3. The molecule has 0 aliphatic carbocycles. The number of hydrogen-bond acceptors (Lipinski definition) is 4. The lowest BCUT2D eigenvalue weighted by Crippen LogP contribution is -2.54. The van der Waals surface area contributed by atoms with E-state index in [0.717, 1.165) is 22.6 Å². The number of imide groups is 2. The summed E-state index contributed by atoms with van der Waals surface area (Å²) in [5, 5.41) is 2.48. The number of urea groups is 1. The molecule has 2 aromatic rings. The van der Waals surface area contributed by atoms with Gasteiger partial charge in [-0.2, -0.15) is 0 Å². The van der Waals surface area contributed by atoms with E-state index >= 15 is 0 Å². The van der Waals surface area contributed by atoms with Crippen LogP contribution in [-0.4, -0.2) is 29.4 Å². The fraction of sp³-hybridized carbons (Fsp3) is 0.346. The minimum absolute atomic E-state index is 0.0108. The van der Waals surface area contributed by atoms with E-state index in [1.807, 2.05) is 18.2 Å². The first-order chi connectivity index (χ1) is 15.9. The van der Waals surface area contributed by atoms with Crippen molar-refractivity contribution in [2.45, 2.75) is 58.5 Å². The minimum Gasteiger partial charge on any atom is -0.364 e. The lowest BCUT2D eigenvalue weighted by atomic mass is 9.78. The molecule has 0 unspecified atom stereocenters. The Kier molecular flexibility index (Phi) is 6.25. The van der Waals surface area contributed by atoms with Gasteiger partial charge in [0.15, 0.2) is 0 Å². The molecule has 2 heterocycles. The summed E-state index contributed by atoms with van der Waals surface area (Å²) in [6, 6.07) is 10.0. The predicted molar refractivity (Wildman–Crippen MR) is 137 cm³/mol. The monoisotopic (exact) mass is 499 g/mol. The van der Waals surface area contributed by atoms with Gasteiger partial charge in [-0.1, -0.05) is 42.3 Å². The van der Waals surface area contributed by atoms with Crippen molar-refractivity contribution < 1.29 is 14.4 Å². The van der Waals surface area contributed by atoms with E-state index in [0.29, 0.717) is 17.5 Å². The van der Waals surface area contributed by atoms with Gasteiger partial charge in [-0.15, -0.1) is 0 Å². The van der Waals surface area contributed by atoms with Crippen molar-refractivity contribution in [1.82, 2.24) is 5.32 Å². The highest BCUT2D eigenvalue weighted by molar-refractivity contribution is 6.46. The summed E-state index contributed by atoms with van der Waals surface area (Å²) in [6.45, 7) is 11.0. The van der Waals surface area contributed by atoms with E-state index in [1.54, 1.807) is 12.1 Å². The van der Waals surface area contributed by atoms with Gasteiger partial charge < -0.3 is 4.90 Å². The second kappa shape index (κ2) is 8.75. The van der Waals surface area contributed by atoms with Gasteiger partial charge in [-0.05, 0) is 81.5 Å². The molecule has 1 saturated heterocycles. The number of amides is 4. The van der Waals surface area contributed by atoms with Crippen molar-refractivity contribution in [2.24, 2.45) is 0 Å². The molecular formula is C26H27Cl2N3O3. The van der Waals surface area contributed by atoms with Crippen LogP contribution in [-0.2, 0) is 9.59 Å². The summed E-state index contributed by atoms with van der Waals surface area (Å²) < 4.78 is 0. The average molecular weight is 500 g/mol. The fourth-order valence-corrected chi connectivity index (χ4v) is 5.63. The number of nitrogens with one attached hydrogen (secondary N) is 1. The van der Waals surface area contributed by atoms with E-state index in [1.165, 1.54) is 12.1 Å². The van der Waals surface area contributed by atoms with Gasteiger partial charge in [0, 0.05) is 17.3 Å². The highest BCUT2D eigenvalue weighted by atomic mass is 35.5. The highest BCUT2D eigenvalue weighted by Gasteiger charge is 2.39. The zero-order valence-electron chi connectivity index (χ0n) is 19.8. The van der Waals surface area contributed by atoms with Gasteiger partial charge in [0.05, 0.1) is 15.7 Å². The number of anilines is 2. The lowest BCUT2D eigenvalue weighted by molar-refractivity contribution is -0.122. The first kappa shape index (κ1) is 24.3. The van der Waals surface area contributed by atoms with Crippen molar-refractivity contribution in [2.75, 3.05) is 9.80 Å². The Balaban J connectivity index is 1.76. The minimum atomic E-state index is -0.870. The standard InChI is InChI=1S/C26H27Cl2N3O3/c1-14(2)31-20-10-9-16(11-17(20)15(3)13-26(31,4)5)12-18-23(32)29-25(34)30(24(18)33)21-8-6-7-19(27)22(21)28/h6-12,14-15H,13H2,1-5H3,(H,29,32,34)/b18-12+/t15-/m1/s1. The third kappa shape index (κ3) is 4.10. The van der Waals surface area contributed by atoms with Crippen LogP contribution in [0.15, 0.2) is 42.0 Å². The maximum absolute atomic E-state index is 13.3. The predicted octanol–water partition coefficient (Wildman–Crippen LogP) is 6.16. The highest BCUT2D eigenvalue weighted by Crippen LogP contribution is 2.45. The van der Waals surface area contributed by atoms with Gasteiger partial charge in [0.25, 0.3) is 11.8 Å². The molecule has 1 N–H and O–H groups in total. The van der Waals surface area contributed by atoms with Crippen LogP contribution in [0.4, 0.5) is 16.2 Å². The average Bonchev–Trinajstić information content (AvgIpc) is 2.73. The van der Waals surface area contributed by atoms with Crippen LogP contribution in [0.25, 0.3) is 6.08 Å². The van der Waals surface area contributed by atoms with Gasteiger partial charge in [-0.25, -0.2) is 9.69 Å². The molecule has 4 amide bonds. The maximum Gasteiger partial charge on any atom is 0.336 e. The van der Waals surface area contributed by atoms with Crippen molar-refractivity contribution in [3.8, 4) is 0 Å². The van der Waals surface area contributed by atoms with E-state index in [-0.39, 0.29) is 26.8 Å². The summed E-state index contributed by atoms with van der Waals surface area (Å²) in [4.78, 5) is 41.6. The Morgan fingerprint density at radius 1 is 1.09 bits per heavy atom. The summed E-state index contributed by atoms with van der Waals surface area (Å²) in [7, 11) is 0. The molecule has 0 bridgehead atoms. The van der Waals surface area contributed by atoms with Crippen molar-refractivity contribution in [3.05, 3.63) is 63.1 Å². The van der Waals surface area contributed by atoms with Gasteiger partial charge in [0.2, 0.25) is 0 Å². The Morgan fingerprint density at radius 3 is 2.47 bits per heavy atom. The Hall–Kier alpha value is -2.83. The SMILES string of the molecule is CC(C)N1c2ccc(/C=C3\C(=O)NC(=O)N(c4cccc(Cl)c4Cl)C3=O)cc2[C@H](C)CC1(C)C. The summed E-state index contributed by atoms with van der Waals surface area (Å²) in [5.74, 6) is -1.20. The van der Waals surface area contributed by atoms with Crippen molar-refractivity contribution >= 4 is 58.5 Å². The number of hydrogen-bond donors (Lipinski definition) is 1. The number of rotatable bonds is 3. The van der Waals surface area contributed by atoms with Crippen LogP contribution in [0.5, 0.6) is 0 Å². The van der Waals surface area contributed by atoms with Crippen molar-refractivity contribution in [1.29, 1.82) is 0 Å². The molecule has 0 spiro atoms. The van der Waals surface area contributed by atoms with Crippen LogP contribution < -0.4 is 15.1 Å². The van der Waals surface area contributed by atoms with Crippen LogP contribution >= 0.6 is 23.2 Å². The molecule has 6 nitrogen and oxygen atoms in total. The normalized spacial score (nSPS) is 21.2. The van der Waals surface area contributed by atoms with Crippen LogP contribution in [0, 0.1) is 0 Å². The topological polar surface area (TPSA) is 69.7 Å². The number of halogens is 2. The Morgan fingerprint density at radius 2 is 1.79 bits per heavy atom. The Bertz CT molecular complexity index is 1240. The molecule has 2 aromatic carbocycles. The zero-order chi connectivity index (χ0) is 24.9. The fourth-order valence-electron chi connectivity index (χ4n) is 5.25. The summed E-state index contributed by atoms with van der Waals surface area (Å²) in [5.41, 5.74) is 3.00. The first-order valence-corrected chi connectivity index (χ1v) is 12.0. The Labute approximate surface area is 209 Å². The lowest BCUT2D eigenvalue weighted by Gasteiger charge is -2.50. The number of carbonyl (C=O) groups excluding carboxylic acids is 3. The summed E-state index contributed by atoms with van der Waals surface area (Å²) >= 11 is 12.3. The smallest absolute Gasteiger partial charge is 0.336 e. The zero-order valence-corrected chi connectivity index (χ0v) is 21.3. The van der Waals surface area contributed by atoms with Crippen LogP contribution in [0.3, 0.4) is 0 Å². The van der Waals surface area contributed by atoms with Crippen LogP contribution in [0.2, 0.25) is 10.0 Å². The van der Waals surface area contributed by atoms with Gasteiger partial charge in [0.1, 0.15) is 5.57 Å². The number of fused-ring (bicyclic) bond motifs is 1. The van der Waals surface area contributed by atoms with Crippen LogP contribution in [0.1, 0.15) is 58.1 Å². The van der Waals surface area contributed by atoms with E-state index in [4.69, 9.17) is 23.2 Å². The van der Waals surface area contributed by atoms with Gasteiger partial charge >= 0.3 is 6.03 Å². The van der Waals surface area contributed by atoms with Crippen molar-refractivity contribution in [3.63, 3.8) is 0 Å². The molecule has 2 aliphatic rings. The molecular weight excluding hydrogens is 473 g/mol. The third-order valence-electron chi connectivity index (χ3n) is 6.40. The molecule has 34 heavy (non-hydrogen) atoms. The summed E-state index contributed by atoms with van der Waals surface area (Å²) in [6.07, 6.45) is 2.50. The second-order valence-electron chi connectivity index (χ2n) is 9.73. The number of nitrogens with zero attached hydrogens (tertiary/aromatic N) is 2.